The molecular formula is C13H16BrClO. The third-order valence-corrected chi connectivity index (χ3v) is 4.57. The third-order valence-electron chi connectivity index (χ3n) is 3.36. The van der Waals surface area contributed by atoms with Crippen molar-refractivity contribution in [3.05, 3.63) is 33.3 Å². The van der Waals surface area contributed by atoms with Gasteiger partial charge in [0.1, 0.15) is 0 Å². The summed E-state index contributed by atoms with van der Waals surface area (Å²) in [5, 5.41) is 10.8. The van der Waals surface area contributed by atoms with Crippen molar-refractivity contribution >= 4 is 27.5 Å². The molecule has 1 nitrogen and oxygen atoms in total. The lowest BCUT2D eigenvalue weighted by Crippen LogP contribution is -2.04. The van der Waals surface area contributed by atoms with Crippen molar-refractivity contribution in [2.45, 2.75) is 38.2 Å². The lowest BCUT2D eigenvalue weighted by Gasteiger charge is -2.16. The van der Waals surface area contributed by atoms with Crippen LogP contribution in [0.3, 0.4) is 0 Å². The van der Waals surface area contributed by atoms with E-state index < -0.39 is 0 Å². The van der Waals surface area contributed by atoms with Crippen molar-refractivity contribution < 1.29 is 5.11 Å². The highest BCUT2D eigenvalue weighted by atomic mass is 79.9. The quantitative estimate of drug-likeness (QED) is 0.857. The maximum Gasteiger partial charge on any atom is 0.0793 e. The zero-order valence-electron chi connectivity index (χ0n) is 9.13. The van der Waals surface area contributed by atoms with Crippen molar-refractivity contribution in [2.75, 3.05) is 0 Å². The zero-order chi connectivity index (χ0) is 11.5. The number of rotatable bonds is 3. The van der Waals surface area contributed by atoms with E-state index in [1.54, 1.807) is 0 Å². The highest BCUT2D eigenvalue weighted by molar-refractivity contribution is 9.10. The van der Waals surface area contributed by atoms with Crippen LogP contribution in [0.1, 0.15) is 43.8 Å². The Labute approximate surface area is 110 Å². The summed E-state index contributed by atoms with van der Waals surface area (Å²) < 4.78 is 0.858. The fourth-order valence-electron chi connectivity index (χ4n) is 2.42. The molecule has 1 atom stereocenters. The summed E-state index contributed by atoms with van der Waals surface area (Å²) in [5.74, 6) is 0.699. The van der Waals surface area contributed by atoms with Gasteiger partial charge in [0.25, 0.3) is 0 Å². The number of hydrogen-bond donors (Lipinski definition) is 1. The predicted octanol–water partition coefficient (Wildman–Crippen LogP) is 4.72. The van der Waals surface area contributed by atoms with Gasteiger partial charge in [-0.3, -0.25) is 0 Å². The highest BCUT2D eigenvalue weighted by Crippen LogP contribution is 2.34. The van der Waals surface area contributed by atoms with E-state index in [1.807, 2.05) is 18.2 Å². The van der Waals surface area contributed by atoms with Gasteiger partial charge in [0, 0.05) is 4.47 Å². The number of aliphatic hydroxyl groups is 1. The number of aliphatic hydroxyl groups excluding tert-OH is 1. The third kappa shape index (κ3) is 2.99. The van der Waals surface area contributed by atoms with E-state index in [0.29, 0.717) is 10.9 Å². The highest BCUT2D eigenvalue weighted by Gasteiger charge is 2.20. The van der Waals surface area contributed by atoms with Crippen LogP contribution in [-0.2, 0) is 0 Å². The van der Waals surface area contributed by atoms with Gasteiger partial charge >= 0.3 is 0 Å². The summed E-state index contributed by atoms with van der Waals surface area (Å²) in [6.45, 7) is 0. The number of halogens is 2. The molecular weight excluding hydrogens is 287 g/mol. The second-order valence-electron chi connectivity index (χ2n) is 4.58. The summed E-state index contributed by atoms with van der Waals surface area (Å²) in [7, 11) is 0. The van der Waals surface area contributed by atoms with Crippen molar-refractivity contribution in [2.24, 2.45) is 5.92 Å². The molecule has 16 heavy (non-hydrogen) atoms. The Kier molecular flexibility index (Phi) is 4.28. The standard InChI is InChI=1S/C13H16BrClO/c14-11-8-10(5-6-12(11)15)13(16)7-9-3-1-2-4-9/h5-6,8-9,13,16H,1-4,7H2. The second kappa shape index (κ2) is 5.52. The Morgan fingerprint density at radius 3 is 2.69 bits per heavy atom. The van der Waals surface area contributed by atoms with Gasteiger partial charge in [-0.1, -0.05) is 43.4 Å². The molecule has 1 aliphatic rings. The SMILES string of the molecule is OC(CC1CCCC1)c1ccc(Cl)c(Br)c1. The molecule has 0 aromatic heterocycles. The first kappa shape index (κ1) is 12.4. The van der Waals surface area contributed by atoms with Crippen LogP contribution in [0.5, 0.6) is 0 Å². The molecule has 1 fully saturated rings. The van der Waals surface area contributed by atoms with E-state index in [9.17, 15) is 5.11 Å². The molecule has 3 heteroatoms. The zero-order valence-corrected chi connectivity index (χ0v) is 11.5. The van der Waals surface area contributed by atoms with Gasteiger partial charge in [-0.05, 0) is 46.0 Å². The van der Waals surface area contributed by atoms with Crippen LogP contribution in [0.4, 0.5) is 0 Å². The fourth-order valence-corrected chi connectivity index (χ4v) is 2.93. The number of benzene rings is 1. The van der Waals surface area contributed by atoms with E-state index in [2.05, 4.69) is 15.9 Å². The van der Waals surface area contributed by atoms with Crippen LogP contribution in [-0.4, -0.2) is 5.11 Å². The maximum atomic E-state index is 10.1. The molecule has 1 aliphatic carbocycles. The molecule has 2 rings (SSSR count). The first-order chi connectivity index (χ1) is 7.66. The topological polar surface area (TPSA) is 20.2 Å². The van der Waals surface area contributed by atoms with Crippen LogP contribution in [0.2, 0.25) is 5.02 Å². The van der Waals surface area contributed by atoms with Gasteiger partial charge in [0.15, 0.2) is 0 Å². The van der Waals surface area contributed by atoms with E-state index >= 15 is 0 Å². The van der Waals surface area contributed by atoms with E-state index in [4.69, 9.17) is 11.6 Å². The summed E-state index contributed by atoms with van der Waals surface area (Å²) >= 11 is 9.31. The maximum absolute atomic E-state index is 10.1. The molecule has 0 bridgehead atoms. The summed E-state index contributed by atoms with van der Waals surface area (Å²) in [6.07, 6.45) is 5.71. The number of hydrogen-bond acceptors (Lipinski definition) is 1. The monoisotopic (exact) mass is 302 g/mol. The predicted molar refractivity (Wildman–Crippen MR) is 70.7 cm³/mol. The molecule has 1 unspecified atom stereocenters. The van der Waals surface area contributed by atoms with Gasteiger partial charge in [0.2, 0.25) is 0 Å². The molecule has 0 heterocycles. The minimum atomic E-state index is -0.350. The van der Waals surface area contributed by atoms with Gasteiger partial charge in [-0.2, -0.15) is 0 Å². The Balaban J connectivity index is 2.02. The minimum Gasteiger partial charge on any atom is -0.388 e. The molecule has 1 N–H and O–H groups in total. The minimum absolute atomic E-state index is 0.350. The largest absolute Gasteiger partial charge is 0.388 e. The molecule has 0 radical (unpaired) electrons. The van der Waals surface area contributed by atoms with Gasteiger partial charge < -0.3 is 5.11 Å². The van der Waals surface area contributed by atoms with Crippen molar-refractivity contribution in [1.29, 1.82) is 0 Å². The van der Waals surface area contributed by atoms with E-state index in [0.717, 1.165) is 16.5 Å². The van der Waals surface area contributed by atoms with Crippen LogP contribution < -0.4 is 0 Å². The summed E-state index contributed by atoms with van der Waals surface area (Å²) in [6, 6.07) is 5.66. The van der Waals surface area contributed by atoms with Gasteiger partial charge in [0.05, 0.1) is 11.1 Å². The first-order valence-corrected chi connectivity index (χ1v) is 6.97. The van der Waals surface area contributed by atoms with Crippen molar-refractivity contribution in [3.8, 4) is 0 Å². The van der Waals surface area contributed by atoms with Crippen molar-refractivity contribution in [3.63, 3.8) is 0 Å². The average Bonchev–Trinajstić information content (AvgIpc) is 2.74. The fraction of sp³-hybridized carbons (Fsp3) is 0.538. The van der Waals surface area contributed by atoms with Crippen LogP contribution >= 0.6 is 27.5 Å². The molecule has 1 saturated carbocycles. The summed E-state index contributed by atoms with van der Waals surface area (Å²) in [4.78, 5) is 0. The molecule has 1 aromatic rings. The molecule has 88 valence electrons. The van der Waals surface area contributed by atoms with E-state index in [1.165, 1.54) is 25.7 Å². The van der Waals surface area contributed by atoms with E-state index in [-0.39, 0.29) is 6.10 Å². The second-order valence-corrected chi connectivity index (χ2v) is 5.84. The molecule has 0 aliphatic heterocycles. The Morgan fingerprint density at radius 2 is 2.06 bits per heavy atom. The van der Waals surface area contributed by atoms with Crippen molar-refractivity contribution in [1.82, 2.24) is 0 Å². The lowest BCUT2D eigenvalue weighted by atomic mass is 9.96. The molecule has 0 amide bonds. The van der Waals surface area contributed by atoms with Gasteiger partial charge in [-0.15, -0.1) is 0 Å². The Bertz CT molecular complexity index is 361. The van der Waals surface area contributed by atoms with Crippen LogP contribution in [0.15, 0.2) is 22.7 Å². The van der Waals surface area contributed by atoms with Crippen LogP contribution in [0.25, 0.3) is 0 Å². The molecule has 1 aromatic carbocycles. The first-order valence-electron chi connectivity index (χ1n) is 5.80. The van der Waals surface area contributed by atoms with Crippen LogP contribution in [0, 0.1) is 5.92 Å². The lowest BCUT2D eigenvalue weighted by molar-refractivity contribution is 0.145. The Morgan fingerprint density at radius 1 is 1.38 bits per heavy atom. The normalized spacial score (nSPS) is 18.9. The smallest absolute Gasteiger partial charge is 0.0793 e. The average molecular weight is 304 g/mol. The molecule has 0 spiro atoms. The Hall–Kier alpha value is -0.0500. The molecule has 0 saturated heterocycles. The summed E-state index contributed by atoms with van der Waals surface area (Å²) in [5.41, 5.74) is 0.961. The van der Waals surface area contributed by atoms with Gasteiger partial charge in [-0.25, -0.2) is 0 Å².